The Balaban J connectivity index is 1.67. The number of oxazole rings is 1. The van der Waals surface area contributed by atoms with Gasteiger partial charge in [0.05, 0.1) is 18.6 Å². The maximum atomic E-state index is 12.5. The zero-order chi connectivity index (χ0) is 19.4. The number of carbonyl (C=O) groups is 2. The van der Waals surface area contributed by atoms with Crippen LogP contribution in [0.3, 0.4) is 0 Å². The Bertz CT molecular complexity index is 883. The number of amides is 1. The van der Waals surface area contributed by atoms with E-state index in [-0.39, 0.29) is 35.8 Å². The molecule has 1 aromatic heterocycles. The number of hydrogen-bond donors (Lipinski definition) is 0. The molecule has 3 rings (SSSR count). The molecular weight excluding hydrogens is 354 g/mol. The number of nitro groups is 1. The highest BCUT2D eigenvalue weighted by molar-refractivity contribution is 5.92. The highest BCUT2D eigenvalue weighted by atomic mass is 16.6. The van der Waals surface area contributed by atoms with Crippen molar-refractivity contribution in [3.05, 3.63) is 63.9 Å². The minimum atomic E-state index is -0.604. The van der Waals surface area contributed by atoms with Crippen molar-refractivity contribution in [1.82, 2.24) is 9.88 Å². The van der Waals surface area contributed by atoms with Crippen LogP contribution in [0.25, 0.3) is 6.08 Å². The number of rotatable bonds is 7. The highest BCUT2D eigenvalue weighted by Gasteiger charge is 2.32. The second-order valence-electron chi connectivity index (χ2n) is 6.00. The molecular formula is C18H17N3O6. The van der Waals surface area contributed by atoms with Crippen LogP contribution in [0.2, 0.25) is 0 Å². The van der Waals surface area contributed by atoms with Crippen LogP contribution in [0, 0.1) is 10.1 Å². The van der Waals surface area contributed by atoms with E-state index in [9.17, 15) is 19.7 Å². The maximum Gasteiger partial charge on any atom is 0.360 e. The molecule has 0 saturated heterocycles. The van der Waals surface area contributed by atoms with Crippen molar-refractivity contribution >= 4 is 23.6 Å². The van der Waals surface area contributed by atoms with Gasteiger partial charge in [-0.3, -0.25) is 14.9 Å². The van der Waals surface area contributed by atoms with Gasteiger partial charge in [0, 0.05) is 24.3 Å². The molecule has 1 aliphatic rings. The second kappa shape index (κ2) is 7.81. The van der Waals surface area contributed by atoms with Crippen molar-refractivity contribution in [1.29, 1.82) is 0 Å². The molecule has 1 aliphatic carbocycles. The topological polar surface area (TPSA) is 116 Å². The molecule has 1 saturated carbocycles. The van der Waals surface area contributed by atoms with E-state index in [1.807, 2.05) is 0 Å². The summed E-state index contributed by atoms with van der Waals surface area (Å²) in [5.74, 6) is -0.583. The monoisotopic (exact) mass is 371 g/mol. The Morgan fingerprint density at radius 2 is 2.07 bits per heavy atom. The molecule has 1 fully saturated rings. The average molecular weight is 371 g/mol. The first-order valence-corrected chi connectivity index (χ1v) is 8.24. The number of esters is 1. The van der Waals surface area contributed by atoms with Gasteiger partial charge in [-0.15, -0.1) is 0 Å². The molecule has 9 heteroatoms. The summed E-state index contributed by atoms with van der Waals surface area (Å²) in [4.78, 5) is 39.8. The lowest BCUT2D eigenvalue weighted by molar-refractivity contribution is -0.384. The molecule has 1 amide bonds. The van der Waals surface area contributed by atoms with E-state index in [1.54, 1.807) is 23.1 Å². The number of hydrogen-bond acceptors (Lipinski definition) is 7. The zero-order valence-electron chi connectivity index (χ0n) is 14.5. The van der Waals surface area contributed by atoms with Crippen molar-refractivity contribution in [3.63, 3.8) is 0 Å². The van der Waals surface area contributed by atoms with E-state index in [1.165, 1.54) is 31.6 Å². The summed E-state index contributed by atoms with van der Waals surface area (Å²) in [5.41, 5.74) is 0.717. The lowest BCUT2D eigenvalue weighted by Crippen LogP contribution is -2.31. The third-order valence-corrected chi connectivity index (χ3v) is 4.04. The number of nitro benzene ring substituents is 1. The Morgan fingerprint density at radius 3 is 2.67 bits per heavy atom. The summed E-state index contributed by atoms with van der Waals surface area (Å²) < 4.78 is 9.83. The Labute approximate surface area is 154 Å². The summed E-state index contributed by atoms with van der Waals surface area (Å²) in [6, 6.07) is 6.00. The van der Waals surface area contributed by atoms with Crippen LogP contribution in [0.4, 0.5) is 5.69 Å². The predicted molar refractivity (Wildman–Crippen MR) is 93.5 cm³/mol. The van der Waals surface area contributed by atoms with Crippen molar-refractivity contribution in [2.75, 3.05) is 7.11 Å². The average Bonchev–Trinajstić information content (AvgIpc) is 3.41. The van der Waals surface area contributed by atoms with Crippen molar-refractivity contribution in [2.24, 2.45) is 0 Å². The van der Waals surface area contributed by atoms with Crippen LogP contribution in [0.5, 0.6) is 0 Å². The number of carbonyl (C=O) groups excluding carboxylic acids is 2. The number of ether oxygens (including phenoxy) is 1. The third-order valence-electron chi connectivity index (χ3n) is 4.04. The molecule has 2 aromatic rings. The number of nitrogens with zero attached hydrogens (tertiary/aromatic N) is 3. The van der Waals surface area contributed by atoms with Crippen molar-refractivity contribution in [2.45, 2.75) is 25.4 Å². The molecule has 27 heavy (non-hydrogen) atoms. The van der Waals surface area contributed by atoms with E-state index in [0.717, 1.165) is 12.8 Å². The third kappa shape index (κ3) is 4.57. The van der Waals surface area contributed by atoms with Crippen LogP contribution in [0.15, 0.2) is 41.0 Å². The number of aromatic nitrogens is 1. The maximum absolute atomic E-state index is 12.5. The summed E-state index contributed by atoms with van der Waals surface area (Å²) in [6.45, 7) is 0.144. The number of benzene rings is 1. The first kappa shape index (κ1) is 18.3. The minimum Gasteiger partial charge on any atom is -0.464 e. The second-order valence-corrected chi connectivity index (χ2v) is 6.00. The molecule has 1 heterocycles. The first-order chi connectivity index (χ1) is 13.0. The van der Waals surface area contributed by atoms with Crippen LogP contribution in [-0.2, 0) is 16.1 Å². The van der Waals surface area contributed by atoms with Crippen LogP contribution in [-0.4, -0.2) is 39.8 Å². The molecule has 0 spiro atoms. The number of methoxy groups -OCH3 is 1. The Hall–Kier alpha value is -3.49. The Kier molecular flexibility index (Phi) is 5.30. The fraction of sp³-hybridized carbons (Fsp3) is 0.278. The molecule has 9 nitrogen and oxygen atoms in total. The van der Waals surface area contributed by atoms with E-state index < -0.39 is 10.9 Å². The molecule has 0 N–H and O–H groups in total. The summed E-state index contributed by atoms with van der Waals surface area (Å²) in [7, 11) is 1.25. The molecule has 0 radical (unpaired) electrons. The fourth-order valence-electron chi connectivity index (χ4n) is 2.47. The largest absolute Gasteiger partial charge is 0.464 e. The predicted octanol–water partition coefficient (Wildman–Crippen LogP) is 2.57. The summed E-state index contributed by atoms with van der Waals surface area (Å²) in [6.07, 6.45) is 5.98. The van der Waals surface area contributed by atoms with Gasteiger partial charge in [0.1, 0.15) is 6.26 Å². The fourth-order valence-corrected chi connectivity index (χ4v) is 2.47. The van der Waals surface area contributed by atoms with Crippen LogP contribution in [0.1, 0.15) is 34.8 Å². The lowest BCUT2D eigenvalue weighted by Gasteiger charge is -2.18. The van der Waals surface area contributed by atoms with Crippen LogP contribution >= 0.6 is 0 Å². The number of non-ortho nitro benzene ring substituents is 1. The SMILES string of the molecule is COC(=O)c1coc(CN(C(=O)C=Cc2ccc([N+](=O)[O-])cc2)C2CC2)n1. The van der Waals surface area contributed by atoms with Gasteiger partial charge in [-0.05, 0) is 36.6 Å². The molecule has 0 aliphatic heterocycles. The van der Waals surface area contributed by atoms with Crippen molar-refractivity contribution < 1.29 is 23.7 Å². The molecule has 0 unspecified atom stereocenters. The molecule has 140 valence electrons. The normalized spacial score (nSPS) is 13.5. The highest BCUT2D eigenvalue weighted by Crippen LogP contribution is 2.28. The van der Waals surface area contributed by atoms with Gasteiger partial charge in [0.15, 0.2) is 5.69 Å². The van der Waals surface area contributed by atoms with E-state index >= 15 is 0 Å². The summed E-state index contributed by atoms with van der Waals surface area (Å²) >= 11 is 0. The van der Waals surface area contributed by atoms with Gasteiger partial charge in [-0.1, -0.05) is 0 Å². The van der Waals surface area contributed by atoms with E-state index in [0.29, 0.717) is 5.56 Å². The van der Waals surface area contributed by atoms with Gasteiger partial charge >= 0.3 is 5.97 Å². The van der Waals surface area contributed by atoms with Gasteiger partial charge in [-0.25, -0.2) is 9.78 Å². The van der Waals surface area contributed by atoms with Gasteiger partial charge in [-0.2, -0.15) is 0 Å². The van der Waals surface area contributed by atoms with Gasteiger partial charge in [0.25, 0.3) is 5.69 Å². The minimum absolute atomic E-state index is 0.0108. The molecule has 1 aromatic carbocycles. The van der Waals surface area contributed by atoms with Crippen LogP contribution < -0.4 is 0 Å². The summed E-state index contributed by atoms with van der Waals surface area (Å²) in [5, 5.41) is 10.7. The van der Waals surface area contributed by atoms with Gasteiger partial charge < -0.3 is 14.1 Å². The van der Waals surface area contributed by atoms with E-state index in [2.05, 4.69) is 9.72 Å². The smallest absolute Gasteiger partial charge is 0.360 e. The zero-order valence-corrected chi connectivity index (χ0v) is 14.5. The lowest BCUT2D eigenvalue weighted by atomic mass is 10.2. The van der Waals surface area contributed by atoms with E-state index in [4.69, 9.17) is 4.42 Å². The Morgan fingerprint density at radius 1 is 1.37 bits per heavy atom. The quantitative estimate of drug-likeness (QED) is 0.318. The van der Waals surface area contributed by atoms with Crippen molar-refractivity contribution in [3.8, 4) is 0 Å². The van der Waals surface area contributed by atoms with Gasteiger partial charge in [0.2, 0.25) is 11.8 Å². The first-order valence-electron chi connectivity index (χ1n) is 8.24. The molecule has 0 bridgehead atoms. The molecule has 0 atom stereocenters. The standard InChI is InChI=1S/C18H17N3O6/c1-26-18(23)15-11-27-16(19-15)10-20(13-7-8-13)17(22)9-4-12-2-5-14(6-3-12)21(24)25/h2-6,9,11,13H,7-8,10H2,1H3.